The normalized spacial score (nSPS) is 21.2. The van der Waals surface area contributed by atoms with Gasteiger partial charge in [-0.2, -0.15) is 0 Å². The fourth-order valence-corrected chi connectivity index (χ4v) is 5.91. The quantitative estimate of drug-likeness (QED) is 0.373. The van der Waals surface area contributed by atoms with Crippen LogP contribution in [0.15, 0.2) is 24.3 Å². The summed E-state index contributed by atoms with van der Waals surface area (Å²) in [5.41, 5.74) is 1.19. The third kappa shape index (κ3) is 6.01. The standard InChI is InChI=1S/C29H43F2N5O3Si/c1-18-15-35(16-19(2)39-18)20-10-12-21(13-11-20)36-26-24(29(6,7)27(36)37)25(32-14-22(30)31)33-23(34-26)17-38-40(8,9)28(3,4)5/h10-13,18-19,22H,14-17H2,1-9H3,(H,32,33,34)/t18-,19+. The summed E-state index contributed by atoms with van der Waals surface area (Å²) in [4.78, 5) is 27.1. The number of ether oxygens (including phenoxy) is 1. The van der Waals surface area contributed by atoms with Gasteiger partial charge in [-0.15, -0.1) is 0 Å². The van der Waals surface area contributed by atoms with Crippen molar-refractivity contribution >= 4 is 37.2 Å². The summed E-state index contributed by atoms with van der Waals surface area (Å²) < 4.78 is 38.7. The molecule has 0 unspecified atom stereocenters. The van der Waals surface area contributed by atoms with E-state index in [4.69, 9.17) is 14.1 Å². The molecule has 0 spiro atoms. The zero-order valence-corrected chi connectivity index (χ0v) is 26.1. The van der Waals surface area contributed by atoms with Crippen LogP contribution in [0.4, 0.5) is 31.8 Å². The third-order valence-corrected chi connectivity index (χ3v) is 12.7. The Hall–Kier alpha value is -2.63. The number of anilines is 4. The first-order valence-electron chi connectivity index (χ1n) is 13.9. The fourth-order valence-electron chi connectivity index (χ4n) is 4.98. The molecule has 0 aliphatic carbocycles. The third-order valence-electron chi connectivity index (χ3n) is 8.20. The molecule has 2 atom stereocenters. The Balaban J connectivity index is 1.73. The van der Waals surface area contributed by atoms with E-state index in [0.717, 1.165) is 18.8 Å². The molecule has 2 aromatic rings. The summed E-state index contributed by atoms with van der Waals surface area (Å²) in [6.45, 7) is 19.5. The van der Waals surface area contributed by atoms with E-state index in [-0.39, 0.29) is 35.6 Å². The second-order valence-electron chi connectivity index (χ2n) is 13.0. The SMILES string of the molecule is C[C@@H]1CN(c2ccc(N3C(=O)C(C)(C)c4c(NCC(F)F)nc(CO[Si](C)(C)C(C)(C)C)nc43)cc2)C[C@H](C)O1. The van der Waals surface area contributed by atoms with Crippen molar-refractivity contribution in [2.75, 3.05) is 34.8 Å². The van der Waals surface area contributed by atoms with Crippen LogP contribution < -0.4 is 15.1 Å². The van der Waals surface area contributed by atoms with Gasteiger partial charge in [-0.05, 0) is 70.1 Å². The van der Waals surface area contributed by atoms with Crippen molar-refractivity contribution in [1.82, 2.24) is 9.97 Å². The van der Waals surface area contributed by atoms with E-state index in [1.807, 2.05) is 24.3 Å². The van der Waals surface area contributed by atoms with Crippen molar-refractivity contribution < 1.29 is 22.7 Å². The van der Waals surface area contributed by atoms with Crippen LogP contribution in [-0.2, 0) is 26.0 Å². The highest BCUT2D eigenvalue weighted by atomic mass is 28.4. The zero-order valence-electron chi connectivity index (χ0n) is 25.1. The predicted molar refractivity (Wildman–Crippen MR) is 157 cm³/mol. The highest BCUT2D eigenvalue weighted by Crippen LogP contribution is 2.47. The van der Waals surface area contributed by atoms with Crippen molar-refractivity contribution in [2.24, 2.45) is 0 Å². The Morgan fingerprint density at radius 1 is 1.10 bits per heavy atom. The molecule has 1 fully saturated rings. The van der Waals surface area contributed by atoms with Gasteiger partial charge in [0.1, 0.15) is 11.6 Å². The van der Waals surface area contributed by atoms with Crippen molar-refractivity contribution in [3.05, 3.63) is 35.7 Å². The number of hydrogen-bond acceptors (Lipinski definition) is 7. The van der Waals surface area contributed by atoms with Crippen molar-refractivity contribution in [1.29, 1.82) is 0 Å². The molecule has 0 saturated carbocycles. The van der Waals surface area contributed by atoms with Crippen LogP contribution in [0.1, 0.15) is 59.9 Å². The zero-order chi connectivity index (χ0) is 29.6. The Morgan fingerprint density at radius 3 is 2.23 bits per heavy atom. The number of nitrogens with zero attached hydrogens (tertiary/aromatic N) is 4. The van der Waals surface area contributed by atoms with Crippen LogP contribution in [-0.4, -0.2) is 62.5 Å². The van der Waals surface area contributed by atoms with Crippen LogP contribution in [0.2, 0.25) is 18.1 Å². The molecule has 0 bridgehead atoms. The van der Waals surface area contributed by atoms with Gasteiger partial charge in [-0.25, -0.2) is 18.7 Å². The molecule has 1 N–H and O–H groups in total. The molecular weight excluding hydrogens is 532 g/mol. The van der Waals surface area contributed by atoms with E-state index in [1.54, 1.807) is 18.7 Å². The molecule has 1 aromatic heterocycles. The lowest BCUT2D eigenvalue weighted by Crippen LogP contribution is -2.45. The number of aromatic nitrogens is 2. The fraction of sp³-hybridized carbons (Fsp3) is 0.621. The summed E-state index contributed by atoms with van der Waals surface area (Å²) >= 11 is 0. The van der Waals surface area contributed by atoms with Crippen LogP contribution in [0.5, 0.6) is 0 Å². The molecule has 11 heteroatoms. The van der Waals surface area contributed by atoms with Gasteiger partial charge in [-0.1, -0.05) is 20.8 Å². The smallest absolute Gasteiger partial charge is 0.255 e. The first kappa shape index (κ1) is 30.3. The Labute approximate surface area is 237 Å². The molecule has 1 amide bonds. The number of rotatable bonds is 8. The average molecular weight is 576 g/mol. The highest BCUT2D eigenvalue weighted by Gasteiger charge is 2.48. The molecule has 2 aliphatic rings. The molecule has 2 aliphatic heterocycles. The van der Waals surface area contributed by atoms with Gasteiger partial charge >= 0.3 is 0 Å². The van der Waals surface area contributed by atoms with Gasteiger partial charge < -0.3 is 19.4 Å². The maximum atomic E-state index is 13.8. The van der Waals surface area contributed by atoms with Crippen molar-refractivity contribution in [2.45, 2.75) is 97.3 Å². The van der Waals surface area contributed by atoms with E-state index < -0.39 is 26.7 Å². The molecule has 3 heterocycles. The van der Waals surface area contributed by atoms with Gasteiger partial charge in [0.15, 0.2) is 14.1 Å². The number of fused-ring (bicyclic) bond motifs is 1. The van der Waals surface area contributed by atoms with E-state index in [2.05, 4.69) is 62.9 Å². The maximum Gasteiger partial charge on any atom is 0.255 e. The number of nitrogens with one attached hydrogen (secondary N) is 1. The molecule has 1 saturated heterocycles. The maximum absolute atomic E-state index is 13.8. The number of carbonyl (C=O) groups excluding carboxylic acids is 1. The van der Waals surface area contributed by atoms with Crippen LogP contribution in [0.3, 0.4) is 0 Å². The molecule has 220 valence electrons. The Kier molecular flexibility index (Phi) is 8.32. The van der Waals surface area contributed by atoms with Gasteiger partial charge in [0.05, 0.1) is 42.0 Å². The minimum atomic E-state index is -2.58. The van der Waals surface area contributed by atoms with E-state index in [1.165, 1.54) is 0 Å². The lowest BCUT2D eigenvalue weighted by molar-refractivity contribution is -0.121. The lowest BCUT2D eigenvalue weighted by atomic mass is 9.87. The summed E-state index contributed by atoms with van der Waals surface area (Å²) in [6.07, 6.45) is -2.33. The number of morpholine rings is 1. The summed E-state index contributed by atoms with van der Waals surface area (Å²) in [6, 6.07) is 7.81. The van der Waals surface area contributed by atoms with Gasteiger partial charge in [0, 0.05) is 18.8 Å². The Morgan fingerprint density at radius 2 is 1.68 bits per heavy atom. The topological polar surface area (TPSA) is 79.8 Å². The second-order valence-corrected chi connectivity index (χ2v) is 17.8. The van der Waals surface area contributed by atoms with E-state index in [9.17, 15) is 13.6 Å². The van der Waals surface area contributed by atoms with Crippen molar-refractivity contribution in [3.8, 4) is 0 Å². The number of alkyl halides is 2. The molecule has 40 heavy (non-hydrogen) atoms. The minimum absolute atomic E-state index is 0.0255. The number of halogens is 2. The summed E-state index contributed by atoms with van der Waals surface area (Å²) in [5, 5.41) is 2.75. The number of amides is 1. The summed E-state index contributed by atoms with van der Waals surface area (Å²) in [5.74, 6) is 0.800. The Bertz CT molecular complexity index is 1220. The predicted octanol–water partition coefficient (Wildman–Crippen LogP) is 6.24. The monoisotopic (exact) mass is 575 g/mol. The van der Waals surface area contributed by atoms with Gasteiger partial charge in [0.2, 0.25) is 5.91 Å². The molecule has 0 radical (unpaired) electrons. The summed E-state index contributed by atoms with van der Waals surface area (Å²) in [7, 11) is -2.14. The minimum Gasteiger partial charge on any atom is -0.409 e. The molecule has 1 aromatic carbocycles. The van der Waals surface area contributed by atoms with Gasteiger partial charge in [0.25, 0.3) is 6.43 Å². The van der Waals surface area contributed by atoms with Gasteiger partial charge in [-0.3, -0.25) is 9.69 Å². The number of hydrogen-bond donors (Lipinski definition) is 1. The second kappa shape index (κ2) is 11.0. The highest BCUT2D eigenvalue weighted by molar-refractivity contribution is 6.74. The molecular formula is C29H43F2N5O3Si. The molecule has 4 rings (SSSR count). The first-order valence-corrected chi connectivity index (χ1v) is 16.8. The van der Waals surface area contributed by atoms with Crippen LogP contribution in [0, 0.1) is 0 Å². The van der Waals surface area contributed by atoms with Crippen LogP contribution >= 0.6 is 0 Å². The molecule has 8 nitrogen and oxygen atoms in total. The van der Waals surface area contributed by atoms with E-state index in [0.29, 0.717) is 22.9 Å². The largest absolute Gasteiger partial charge is 0.409 e. The van der Waals surface area contributed by atoms with Crippen molar-refractivity contribution in [3.63, 3.8) is 0 Å². The number of carbonyl (C=O) groups is 1. The average Bonchev–Trinajstić information content (AvgIpc) is 3.05. The lowest BCUT2D eigenvalue weighted by Gasteiger charge is -2.37. The first-order chi connectivity index (χ1) is 18.5. The van der Waals surface area contributed by atoms with E-state index >= 15 is 0 Å². The van der Waals surface area contributed by atoms with Crippen LogP contribution in [0.25, 0.3) is 0 Å². The number of benzene rings is 1.